The molecule has 0 aromatic rings. The first-order chi connectivity index (χ1) is 4.70. The van der Waals surface area contributed by atoms with E-state index < -0.39 is 0 Å². The molecule has 0 bridgehead atoms. The van der Waals surface area contributed by atoms with Gasteiger partial charge in [0.15, 0.2) is 0 Å². The number of Topliss-reactive ketones (excluding diaryl/α,β-unsaturated/α-hetero) is 1. The molecule has 0 radical (unpaired) electrons. The minimum absolute atomic E-state index is 0.0150. The number of ketones is 1. The van der Waals surface area contributed by atoms with Crippen LogP contribution in [0.15, 0.2) is 0 Å². The third kappa shape index (κ3) is 1.54. The Labute approximate surface area is 58.8 Å². The molecular weight excluding hydrogens is 134 g/mol. The van der Waals surface area contributed by atoms with Crippen molar-refractivity contribution in [1.82, 2.24) is 4.90 Å². The second-order valence-corrected chi connectivity index (χ2v) is 2.27. The molecule has 0 N–H and O–H groups in total. The highest BCUT2D eigenvalue weighted by Crippen LogP contribution is 1.99. The number of amides is 1. The molecule has 0 aromatic carbocycles. The number of hydrogen-bond acceptors (Lipinski definition) is 3. The zero-order valence-corrected chi connectivity index (χ0v) is 5.79. The zero-order chi connectivity index (χ0) is 7.56. The Morgan fingerprint density at radius 1 is 1.80 bits per heavy atom. The van der Waals surface area contributed by atoms with E-state index in [2.05, 4.69) is 0 Å². The highest BCUT2D eigenvalue weighted by molar-refractivity contribution is 5.85. The molecule has 1 aliphatic rings. The van der Waals surface area contributed by atoms with Gasteiger partial charge in [0.05, 0.1) is 6.54 Å². The molecule has 1 rings (SSSR count). The monoisotopic (exact) mass is 143 g/mol. The van der Waals surface area contributed by atoms with Crippen LogP contribution in [0.5, 0.6) is 0 Å². The predicted octanol–water partition coefficient (Wildman–Crippen LogP) is -0.608. The van der Waals surface area contributed by atoms with Crippen LogP contribution in [0.25, 0.3) is 0 Å². The highest BCUT2D eigenvalue weighted by Gasteiger charge is 2.21. The van der Waals surface area contributed by atoms with Crippen LogP contribution in [0.4, 0.5) is 0 Å². The van der Waals surface area contributed by atoms with Crippen molar-refractivity contribution in [3.05, 3.63) is 0 Å². The fourth-order valence-electron chi connectivity index (χ4n) is 0.809. The third-order valence-corrected chi connectivity index (χ3v) is 1.24. The molecule has 1 heterocycles. The van der Waals surface area contributed by atoms with E-state index in [1.807, 2.05) is 0 Å². The van der Waals surface area contributed by atoms with E-state index in [0.717, 1.165) is 0 Å². The van der Waals surface area contributed by atoms with Gasteiger partial charge in [-0.15, -0.1) is 0 Å². The van der Waals surface area contributed by atoms with Gasteiger partial charge < -0.3 is 9.64 Å². The smallest absolute Gasteiger partial charge is 0.250 e. The van der Waals surface area contributed by atoms with Crippen LogP contribution in [0.3, 0.4) is 0 Å². The Balaban J connectivity index is 2.40. The summed E-state index contributed by atoms with van der Waals surface area (Å²) in [6.45, 7) is 2.01. The minimum Gasteiger partial charge on any atom is -0.351 e. The Hall–Kier alpha value is -0.900. The molecule has 4 heteroatoms. The summed E-state index contributed by atoms with van der Waals surface area (Å²) in [4.78, 5) is 22.6. The summed E-state index contributed by atoms with van der Waals surface area (Å²) in [5, 5.41) is 0. The lowest BCUT2D eigenvalue weighted by Crippen LogP contribution is -2.30. The van der Waals surface area contributed by atoms with Crippen molar-refractivity contribution in [3.8, 4) is 0 Å². The average Bonchev–Trinajstić information content (AvgIpc) is 2.15. The lowest BCUT2D eigenvalue weighted by atomic mass is 10.4. The lowest BCUT2D eigenvalue weighted by molar-refractivity contribution is -0.130. The van der Waals surface area contributed by atoms with Crippen molar-refractivity contribution in [2.75, 3.05) is 19.9 Å². The summed E-state index contributed by atoms with van der Waals surface area (Å²) in [7, 11) is 0. The van der Waals surface area contributed by atoms with E-state index in [-0.39, 0.29) is 31.6 Å². The summed E-state index contributed by atoms with van der Waals surface area (Å²) in [6, 6.07) is 0. The van der Waals surface area contributed by atoms with Gasteiger partial charge in [-0.1, -0.05) is 0 Å². The Morgan fingerprint density at radius 3 is 2.90 bits per heavy atom. The summed E-state index contributed by atoms with van der Waals surface area (Å²) in [5.74, 6) is -0.117. The Bertz CT molecular complexity index is 166. The molecule has 1 fully saturated rings. The van der Waals surface area contributed by atoms with Gasteiger partial charge in [-0.2, -0.15) is 0 Å². The summed E-state index contributed by atoms with van der Waals surface area (Å²) in [6.07, 6.45) is 0. The van der Waals surface area contributed by atoms with Crippen molar-refractivity contribution in [3.63, 3.8) is 0 Å². The van der Waals surface area contributed by atoms with E-state index in [1.165, 1.54) is 11.8 Å². The van der Waals surface area contributed by atoms with E-state index in [4.69, 9.17) is 4.74 Å². The van der Waals surface area contributed by atoms with Gasteiger partial charge in [-0.25, -0.2) is 0 Å². The molecule has 0 aromatic heterocycles. The van der Waals surface area contributed by atoms with Gasteiger partial charge in [0.25, 0.3) is 5.91 Å². The second kappa shape index (κ2) is 2.79. The molecule has 0 aliphatic carbocycles. The van der Waals surface area contributed by atoms with E-state index in [1.54, 1.807) is 0 Å². The summed E-state index contributed by atoms with van der Waals surface area (Å²) < 4.78 is 4.79. The van der Waals surface area contributed by atoms with Crippen LogP contribution in [-0.2, 0) is 14.3 Å². The lowest BCUT2D eigenvalue weighted by Gasteiger charge is -2.09. The van der Waals surface area contributed by atoms with Gasteiger partial charge in [0.1, 0.15) is 19.1 Å². The van der Waals surface area contributed by atoms with Crippen LogP contribution < -0.4 is 0 Å². The van der Waals surface area contributed by atoms with Crippen molar-refractivity contribution in [1.29, 1.82) is 0 Å². The first-order valence-electron chi connectivity index (χ1n) is 3.05. The van der Waals surface area contributed by atoms with Crippen molar-refractivity contribution in [2.45, 2.75) is 6.92 Å². The van der Waals surface area contributed by atoms with Crippen molar-refractivity contribution >= 4 is 11.7 Å². The number of ether oxygens (including phenoxy) is 1. The topological polar surface area (TPSA) is 46.6 Å². The van der Waals surface area contributed by atoms with E-state index >= 15 is 0 Å². The number of carbonyl (C=O) groups excluding carboxylic acids is 2. The van der Waals surface area contributed by atoms with Crippen LogP contribution in [0, 0.1) is 0 Å². The molecule has 0 atom stereocenters. The first-order valence-corrected chi connectivity index (χ1v) is 3.05. The molecule has 1 saturated heterocycles. The van der Waals surface area contributed by atoms with Crippen LogP contribution >= 0.6 is 0 Å². The van der Waals surface area contributed by atoms with Gasteiger partial charge in [-0.05, 0) is 6.92 Å². The van der Waals surface area contributed by atoms with Crippen LogP contribution in [0.1, 0.15) is 6.92 Å². The minimum atomic E-state index is -0.102. The molecule has 0 unspecified atom stereocenters. The van der Waals surface area contributed by atoms with Gasteiger partial charge in [0.2, 0.25) is 0 Å². The summed E-state index contributed by atoms with van der Waals surface area (Å²) in [5.41, 5.74) is 0. The number of hydrogen-bond donors (Lipinski definition) is 0. The maximum absolute atomic E-state index is 10.8. The standard InChI is InChI=1S/C6H9NO3/c1-5(8)2-7-4-10-3-6(7)9/h2-4H2,1H3. The van der Waals surface area contributed by atoms with Gasteiger partial charge in [-0.3, -0.25) is 9.59 Å². The molecule has 56 valence electrons. The third-order valence-electron chi connectivity index (χ3n) is 1.24. The largest absolute Gasteiger partial charge is 0.351 e. The molecular formula is C6H9NO3. The van der Waals surface area contributed by atoms with Gasteiger partial charge >= 0.3 is 0 Å². The number of carbonyl (C=O) groups is 2. The van der Waals surface area contributed by atoms with Crippen LogP contribution in [0.2, 0.25) is 0 Å². The molecule has 4 nitrogen and oxygen atoms in total. The van der Waals surface area contributed by atoms with E-state index in [0.29, 0.717) is 0 Å². The van der Waals surface area contributed by atoms with Gasteiger partial charge in [0, 0.05) is 0 Å². The molecule has 0 saturated carbocycles. The normalized spacial score (nSPS) is 18.1. The van der Waals surface area contributed by atoms with Crippen LogP contribution in [-0.4, -0.2) is 36.5 Å². The molecule has 10 heavy (non-hydrogen) atoms. The maximum Gasteiger partial charge on any atom is 0.250 e. The molecule has 1 aliphatic heterocycles. The maximum atomic E-state index is 10.8. The Kier molecular flexibility index (Phi) is 2.01. The van der Waals surface area contributed by atoms with Crippen molar-refractivity contribution in [2.24, 2.45) is 0 Å². The first kappa shape index (κ1) is 7.21. The number of nitrogens with zero attached hydrogens (tertiary/aromatic N) is 1. The fraction of sp³-hybridized carbons (Fsp3) is 0.667. The summed E-state index contributed by atoms with van der Waals surface area (Å²) >= 11 is 0. The average molecular weight is 143 g/mol. The predicted molar refractivity (Wildman–Crippen MR) is 33.2 cm³/mol. The zero-order valence-electron chi connectivity index (χ0n) is 5.79. The SMILES string of the molecule is CC(=O)CN1COCC1=O. The molecule has 0 spiro atoms. The molecule has 1 amide bonds. The second-order valence-electron chi connectivity index (χ2n) is 2.27. The fourth-order valence-corrected chi connectivity index (χ4v) is 0.809. The highest BCUT2D eigenvalue weighted by atomic mass is 16.5. The van der Waals surface area contributed by atoms with E-state index in [9.17, 15) is 9.59 Å². The Morgan fingerprint density at radius 2 is 2.50 bits per heavy atom. The quantitative estimate of drug-likeness (QED) is 0.518. The number of rotatable bonds is 2. The van der Waals surface area contributed by atoms with Crippen molar-refractivity contribution < 1.29 is 14.3 Å².